The average molecular weight is 360 g/mol. The van der Waals surface area contributed by atoms with Crippen molar-refractivity contribution in [2.45, 2.75) is 27.7 Å². The number of aryl methyl sites for hydroxylation is 2. The van der Waals surface area contributed by atoms with Gasteiger partial charge in [0.1, 0.15) is 5.78 Å². The summed E-state index contributed by atoms with van der Waals surface area (Å²) in [4.78, 5) is 26.3. The van der Waals surface area contributed by atoms with Gasteiger partial charge in [0, 0.05) is 17.3 Å². The molecule has 4 nitrogen and oxygen atoms in total. The molecule has 3 aromatic rings. The van der Waals surface area contributed by atoms with Crippen LogP contribution in [0.3, 0.4) is 0 Å². The van der Waals surface area contributed by atoms with Crippen molar-refractivity contribution in [2.24, 2.45) is 0 Å². The Labute approximate surface area is 159 Å². The van der Waals surface area contributed by atoms with Gasteiger partial charge in [0.15, 0.2) is 0 Å². The first-order valence-corrected chi connectivity index (χ1v) is 9.00. The summed E-state index contributed by atoms with van der Waals surface area (Å²) in [5.41, 5.74) is 7.33. The number of benzene rings is 2. The number of aromatic amines is 1. The van der Waals surface area contributed by atoms with Gasteiger partial charge in [0.2, 0.25) is 5.91 Å². The maximum Gasteiger partial charge on any atom is 0.247 e. The number of nitrogens with one attached hydrogen (secondary N) is 2. The van der Waals surface area contributed by atoms with Crippen LogP contribution in [0.2, 0.25) is 0 Å². The third kappa shape index (κ3) is 4.17. The Morgan fingerprint density at radius 2 is 1.81 bits per heavy atom. The Balaban J connectivity index is 1.91. The number of hydrogen-bond donors (Lipinski definition) is 2. The van der Waals surface area contributed by atoms with Crippen LogP contribution in [0.15, 0.2) is 48.2 Å². The van der Waals surface area contributed by atoms with Gasteiger partial charge in [0.05, 0.1) is 6.54 Å². The summed E-state index contributed by atoms with van der Waals surface area (Å²) in [5, 5.41) is 3.81. The van der Waals surface area contributed by atoms with Crippen LogP contribution in [0.25, 0.3) is 28.1 Å². The van der Waals surface area contributed by atoms with Gasteiger partial charge in [0.25, 0.3) is 0 Å². The molecule has 0 unspecified atom stereocenters. The summed E-state index contributed by atoms with van der Waals surface area (Å²) in [5.74, 6) is -0.281. The predicted octanol–water partition coefficient (Wildman–Crippen LogP) is 4.56. The number of aromatic nitrogens is 1. The van der Waals surface area contributed by atoms with E-state index in [0.717, 1.165) is 22.2 Å². The molecular weight excluding hydrogens is 336 g/mol. The minimum absolute atomic E-state index is 0.0581. The van der Waals surface area contributed by atoms with Gasteiger partial charge in [-0.05, 0) is 85.2 Å². The van der Waals surface area contributed by atoms with E-state index in [4.69, 9.17) is 0 Å². The first-order valence-electron chi connectivity index (χ1n) is 9.00. The molecule has 0 aliphatic rings. The second kappa shape index (κ2) is 7.62. The van der Waals surface area contributed by atoms with Crippen LogP contribution in [-0.2, 0) is 9.59 Å². The maximum absolute atomic E-state index is 12.1. The van der Waals surface area contributed by atoms with Crippen LogP contribution in [-0.4, -0.2) is 23.2 Å². The van der Waals surface area contributed by atoms with Gasteiger partial charge >= 0.3 is 0 Å². The number of fused-ring (bicyclic) bond motifs is 1. The monoisotopic (exact) mass is 360 g/mol. The third-order valence-electron chi connectivity index (χ3n) is 4.71. The van der Waals surface area contributed by atoms with Gasteiger partial charge in [-0.1, -0.05) is 18.2 Å². The molecule has 1 aromatic heterocycles. The highest BCUT2D eigenvalue weighted by Gasteiger charge is 2.09. The molecule has 0 atom stereocenters. The van der Waals surface area contributed by atoms with Crippen molar-refractivity contribution in [3.05, 3.63) is 64.9 Å². The zero-order valence-electron chi connectivity index (χ0n) is 16.1. The molecule has 2 aromatic carbocycles. The molecule has 0 aliphatic carbocycles. The Morgan fingerprint density at radius 1 is 1.04 bits per heavy atom. The lowest BCUT2D eigenvalue weighted by Gasteiger charge is -2.12. The zero-order valence-corrected chi connectivity index (χ0v) is 16.1. The van der Waals surface area contributed by atoms with E-state index in [1.165, 1.54) is 23.4 Å². The van der Waals surface area contributed by atoms with E-state index in [-0.39, 0.29) is 18.2 Å². The fourth-order valence-electron chi connectivity index (χ4n) is 3.17. The fraction of sp³-hybridized carbons (Fsp3) is 0.217. The summed E-state index contributed by atoms with van der Waals surface area (Å²) in [6.07, 6.45) is 3.82. The molecule has 0 radical (unpaired) electrons. The number of carbonyl (C=O) groups excluding carboxylic acids is 2. The molecule has 1 heterocycles. The molecule has 0 bridgehead atoms. The Kier molecular flexibility index (Phi) is 5.26. The average Bonchev–Trinajstić information content (AvgIpc) is 3.09. The van der Waals surface area contributed by atoms with E-state index in [2.05, 4.69) is 53.6 Å². The predicted molar refractivity (Wildman–Crippen MR) is 111 cm³/mol. The van der Waals surface area contributed by atoms with E-state index in [1.807, 2.05) is 19.2 Å². The summed E-state index contributed by atoms with van der Waals surface area (Å²) in [6, 6.07) is 12.7. The third-order valence-corrected chi connectivity index (χ3v) is 4.71. The van der Waals surface area contributed by atoms with Gasteiger partial charge in [-0.25, -0.2) is 0 Å². The van der Waals surface area contributed by atoms with Crippen LogP contribution in [0.5, 0.6) is 0 Å². The second-order valence-corrected chi connectivity index (χ2v) is 7.02. The minimum atomic E-state index is -0.218. The van der Waals surface area contributed by atoms with Gasteiger partial charge in [-0.3, -0.25) is 9.59 Å². The van der Waals surface area contributed by atoms with Gasteiger partial charge in [-0.2, -0.15) is 0 Å². The molecule has 2 N–H and O–H groups in total. The highest BCUT2D eigenvalue weighted by Crippen LogP contribution is 2.29. The quantitative estimate of drug-likeness (QED) is 0.655. The molecule has 138 valence electrons. The lowest BCUT2D eigenvalue weighted by molar-refractivity contribution is -0.122. The van der Waals surface area contributed by atoms with Crippen molar-refractivity contribution < 1.29 is 9.59 Å². The smallest absolute Gasteiger partial charge is 0.247 e. The van der Waals surface area contributed by atoms with Crippen LogP contribution in [0.4, 0.5) is 0 Å². The standard InChI is InChI=1S/C23H24N2O2/c1-14-11-21(18-5-6-22-19(12-18)7-8-24-22)15(2)9-20(14)10-16(3)23(27)25-13-17(4)26/h5-12,24H,13H2,1-4H3,(H,25,27)/b16-10+. The minimum Gasteiger partial charge on any atom is -0.361 e. The molecule has 0 saturated carbocycles. The summed E-state index contributed by atoms with van der Waals surface area (Å²) in [7, 11) is 0. The van der Waals surface area contributed by atoms with Crippen LogP contribution >= 0.6 is 0 Å². The Hall–Kier alpha value is -3.14. The van der Waals surface area contributed by atoms with Gasteiger partial charge in [-0.15, -0.1) is 0 Å². The lowest BCUT2D eigenvalue weighted by atomic mass is 9.93. The van der Waals surface area contributed by atoms with E-state index in [0.29, 0.717) is 5.57 Å². The lowest BCUT2D eigenvalue weighted by Crippen LogP contribution is -2.28. The van der Waals surface area contributed by atoms with E-state index in [1.54, 1.807) is 6.92 Å². The summed E-state index contributed by atoms with van der Waals surface area (Å²) < 4.78 is 0. The number of H-pyrrole nitrogens is 1. The number of rotatable bonds is 5. The first kappa shape index (κ1) is 18.6. The molecule has 0 aliphatic heterocycles. The number of hydrogen-bond acceptors (Lipinski definition) is 2. The topological polar surface area (TPSA) is 62.0 Å². The van der Waals surface area contributed by atoms with Gasteiger partial charge < -0.3 is 10.3 Å². The number of Topliss-reactive ketones (excluding diaryl/α,β-unsaturated/α-hetero) is 1. The molecule has 27 heavy (non-hydrogen) atoms. The highest BCUT2D eigenvalue weighted by molar-refractivity contribution is 5.99. The number of carbonyl (C=O) groups is 2. The van der Waals surface area contributed by atoms with Crippen molar-refractivity contribution in [2.75, 3.05) is 6.54 Å². The van der Waals surface area contributed by atoms with Crippen LogP contribution in [0.1, 0.15) is 30.5 Å². The fourth-order valence-corrected chi connectivity index (χ4v) is 3.17. The Bertz CT molecular complexity index is 1060. The second-order valence-electron chi connectivity index (χ2n) is 7.02. The van der Waals surface area contributed by atoms with Crippen molar-refractivity contribution in [1.82, 2.24) is 10.3 Å². The molecule has 0 spiro atoms. The number of ketones is 1. The summed E-state index contributed by atoms with van der Waals surface area (Å²) in [6.45, 7) is 7.40. The molecular formula is C23H24N2O2. The molecule has 0 fully saturated rings. The summed E-state index contributed by atoms with van der Waals surface area (Å²) >= 11 is 0. The normalized spacial score (nSPS) is 11.6. The van der Waals surface area contributed by atoms with E-state index < -0.39 is 0 Å². The van der Waals surface area contributed by atoms with E-state index in [9.17, 15) is 9.59 Å². The molecule has 1 amide bonds. The van der Waals surface area contributed by atoms with Crippen molar-refractivity contribution in [3.63, 3.8) is 0 Å². The molecule has 0 saturated heterocycles. The van der Waals surface area contributed by atoms with Crippen LogP contribution < -0.4 is 5.32 Å². The SMILES string of the molecule is CC(=O)CNC(=O)/C(C)=C/c1cc(C)c(-c2ccc3[nH]ccc3c2)cc1C. The van der Waals surface area contributed by atoms with Crippen molar-refractivity contribution in [1.29, 1.82) is 0 Å². The Morgan fingerprint density at radius 3 is 2.56 bits per heavy atom. The number of amides is 1. The van der Waals surface area contributed by atoms with Crippen molar-refractivity contribution in [3.8, 4) is 11.1 Å². The maximum atomic E-state index is 12.1. The highest BCUT2D eigenvalue weighted by atomic mass is 16.2. The molecule has 3 rings (SSSR count). The first-order chi connectivity index (χ1) is 12.8. The van der Waals surface area contributed by atoms with Crippen molar-refractivity contribution >= 4 is 28.7 Å². The largest absolute Gasteiger partial charge is 0.361 e. The van der Waals surface area contributed by atoms with E-state index >= 15 is 0 Å². The molecule has 4 heteroatoms. The zero-order chi connectivity index (χ0) is 19.6. The van der Waals surface area contributed by atoms with Crippen LogP contribution in [0, 0.1) is 13.8 Å².